The highest BCUT2D eigenvalue weighted by Crippen LogP contribution is 2.36. The van der Waals surface area contributed by atoms with Gasteiger partial charge < -0.3 is 14.8 Å². The number of nitrogens with zero attached hydrogens (tertiary/aromatic N) is 2. The number of anilines is 1. The Morgan fingerprint density at radius 3 is 2.59 bits per heavy atom. The molecule has 5 rings (SSSR count). The molecule has 160 valence electrons. The van der Waals surface area contributed by atoms with Crippen LogP contribution in [0.4, 0.5) is 5.69 Å². The molecule has 0 radical (unpaired) electrons. The summed E-state index contributed by atoms with van der Waals surface area (Å²) in [5, 5.41) is 21.6. The number of aryl methyl sites for hydroxylation is 1. The fourth-order valence-electron chi connectivity index (χ4n) is 4.50. The highest BCUT2D eigenvalue weighted by atomic mass is 16.5. The van der Waals surface area contributed by atoms with E-state index in [2.05, 4.69) is 39.8 Å². The number of benzene rings is 3. The zero-order valence-corrected chi connectivity index (χ0v) is 18.1. The number of nitriles is 1. The zero-order valence-electron chi connectivity index (χ0n) is 18.1. The van der Waals surface area contributed by atoms with Gasteiger partial charge >= 0.3 is 0 Å². The molecule has 0 saturated carbocycles. The van der Waals surface area contributed by atoms with Gasteiger partial charge in [0.25, 0.3) is 0 Å². The first-order chi connectivity index (χ1) is 15.7. The molecule has 3 aromatic carbocycles. The van der Waals surface area contributed by atoms with E-state index in [0.717, 1.165) is 64.2 Å². The number of hydrogen-bond acceptors (Lipinski definition) is 5. The van der Waals surface area contributed by atoms with Crippen molar-refractivity contribution < 1.29 is 9.47 Å². The minimum atomic E-state index is 0.219. The van der Waals surface area contributed by atoms with Gasteiger partial charge in [0.15, 0.2) is 0 Å². The van der Waals surface area contributed by atoms with Crippen molar-refractivity contribution in [3.05, 3.63) is 71.3 Å². The maximum absolute atomic E-state index is 9.22. The average molecular weight is 425 g/mol. The highest BCUT2D eigenvalue weighted by molar-refractivity contribution is 5.95. The van der Waals surface area contributed by atoms with Crippen LogP contribution in [0, 0.1) is 11.3 Å². The fraction of sp³-hybridized carbons (Fsp3) is 0.231. The number of H-pyrrole nitrogens is 1. The predicted octanol–water partition coefficient (Wildman–Crippen LogP) is 5.61. The van der Waals surface area contributed by atoms with E-state index in [1.807, 2.05) is 36.4 Å². The van der Waals surface area contributed by atoms with Gasteiger partial charge in [0.05, 0.1) is 37.4 Å². The molecule has 6 nitrogen and oxygen atoms in total. The maximum atomic E-state index is 9.22. The van der Waals surface area contributed by atoms with Crippen LogP contribution < -0.4 is 14.8 Å². The standard InChI is InChI=1S/C26H24N4O2/c1-31-20-11-18(12-21(14-20)32-2)26-23-13-19(7-9-25(23)29-30-26)28-24-5-3-4-17-10-16(15-27)6-8-22(17)24/h6-14,24,28H,3-5H2,1-2H3,(H,29,30). The van der Waals surface area contributed by atoms with E-state index in [4.69, 9.17) is 9.47 Å². The molecule has 6 heteroatoms. The molecule has 32 heavy (non-hydrogen) atoms. The Bertz CT molecular complexity index is 1310. The lowest BCUT2D eigenvalue weighted by Crippen LogP contribution is -2.17. The van der Waals surface area contributed by atoms with Gasteiger partial charge in [-0.1, -0.05) is 6.07 Å². The SMILES string of the molecule is COc1cc(OC)cc(-c2n[nH]c3ccc(NC4CCCc5cc(C#N)ccc54)cc23)c1. The molecule has 1 aliphatic carbocycles. The van der Waals surface area contributed by atoms with Crippen LogP contribution in [0.1, 0.15) is 35.6 Å². The Labute approximate surface area is 186 Å². The molecule has 4 aromatic rings. The van der Waals surface area contributed by atoms with Gasteiger partial charge in [0.2, 0.25) is 0 Å². The van der Waals surface area contributed by atoms with Crippen LogP contribution in [0.3, 0.4) is 0 Å². The third-order valence-corrected chi connectivity index (χ3v) is 6.12. The third-order valence-electron chi connectivity index (χ3n) is 6.12. The zero-order chi connectivity index (χ0) is 22.1. The number of methoxy groups -OCH3 is 2. The molecule has 0 fully saturated rings. The molecule has 1 atom stereocenters. The topological polar surface area (TPSA) is 83.0 Å². The second kappa shape index (κ2) is 8.27. The molecule has 0 spiro atoms. The number of rotatable bonds is 5. The molecule has 1 unspecified atom stereocenters. The van der Waals surface area contributed by atoms with E-state index in [9.17, 15) is 5.26 Å². The molecule has 2 N–H and O–H groups in total. The van der Waals surface area contributed by atoms with E-state index < -0.39 is 0 Å². The van der Waals surface area contributed by atoms with Gasteiger partial charge in [-0.2, -0.15) is 10.4 Å². The quantitative estimate of drug-likeness (QED) is 0.435. The summed E-state index contributed by atoms with van der Waals surface area (Å²) in [6.45, 7) is 0. The van der Waals surface area contributed by atoms with Crippen molar-refractivity contribution in [2.24, 2.45) is 0 Å². The van der Waals surface area contributed by atoms with Crippen LogP contribution in [0.5, 0.6) is 11.5 Å². The Hall–Kier alpha value is -3.98. The summed E-state index contributed by atoms with van der Waals surface area (Å²) < 4.78 is 10.9. The highest BCUT2D eigenvalue weighted by Gasteiger charge is 2.21. The molecule has 0 saturated heterocycles. The normalized spacial score (nSPS) is 15.1. The van der Waals surface area contributed by atoms with Gasteiger partial charge in [-0.3, -0.25) is 5.10 Å². The van der Waals surface area contributed by atoms with Crippen molar-refractivity contribution in [2.45, 2.75) is 25.3 Å². The summed E-state index contributed by atoms with van der Waals surface area (Å²) >= 11 is 0. The van der Waals surface area contributed by atoms with Crippen LogP contribution in [-0.4, -0.2) is 24.4 Å². The lowest BCUT2D eigenvalue weighted by molar-refractivity contribution is 0.394. The number of ether oxygens (including phenoxy) is 2. The van der Waals surface area contributed by atoms with Crippen molar-refractivity contribution >= 4 is 16.6 Å². The van der Waals surface area contributed by atoms with E-state index in [1.165, 1.54) is 11.1 Å². The van der Waals surface area contributed by atoms with Crippen molar-refractivity contribution in [3.63, 3.8) is 0 Å². The first-order valence-electron chi connectivity index (χ1n) is 10.7. The second-order valence-electron chi connectivity index (χ2n) is 8.05. The fourth-order valence-corrected chi connectivity index (χ4v) is 4.50. The van der Waals surface area contributed by atoms with Crippen molar-refractivity contribution in [2.75, 3.05) is 19.5 Å². The van der Waals surface area contributed by atoms with Crippen LogP contribution >= 0.6 is 0 Å². The monoisotopic (exact) mass is 424 g/mol. The summed E-state index contributed by atoms with van der Waals surface area (Å²) in [6.07, 6.45) is 3.18. The number of hydrogen-bond donors (Lipinski definition) is 2. The molecule has 0 bridgehead atoms. The smallest absolute Gasteiger partial charge is 0.123 e. The van der Waals surface area contributed by atoms with Crippen LogP contribution in [0.15, 0.2) is 54.6 Å². The molecular weight excluding hydrogens is 400 g/mol. The Balaban J connectivity index is 1.50. The molecule has 1 aromatic heterocycles. The Kier molecular flexibility index (Phi) is 5.16. The number of aromatic nitrogens is 2. The van der Waals surface area contributed by atoms with E-state index in [-0.39, 0.29) is 6.04 Å². The van der Waals surface area contributed by atoms with Crippen molar-refractivity contribution in [1.82, 2.24) is 10.2 Å². The maximum Gasteiger partial charge on any atom is 0.123 e. The molecule has 1 aliphatic rings. The lowest BCUT2D eigenvalue weighted by Gasteiger charge is -2.27. The van der Waals surface area contributed by atoms with E-state index in [1.54, 1.807) is 14.2 Å². The molecule has 0 aliphatic heterocycles. The predicted molar refractivity (Wildman–Crippen MR) is 125 cm³/mol. The van der Waals surface area contributed by atoms with Crippen molar-refractivity contribution in [3.8, 4) is 28.8 Å². The first-order valence-corrected chi connectivity index (χ1v) is 10.7. The van der Waals surface area contributed by atoms with Crippen LogP contribution in [-0.2, 0) is 6.42 Å². The second-order valence-corrected chi connectivity index (χ2v) is 8.05. The third kappa shape index (κ3) is 3.63. The van der Waals surface area contributed by atoms with Gasteiger partial charge in [-0.15, -0.1) is 0 Å². The van der Waals surface area contributed by atoms with E-state index >= 15 is 0 Å². The largest absolute Gasteiger partial charge is 0.497 e. The average Bonchev–Trinajstić information content (AvgIpc) is 3.26. The van der Waals surface area contributed by atoms with Crippen LogP contribution in [0.2, 0.25) is 0 Å². The minimum Gasteiger partial charge on any atom is -0.497 e. The Morgan fingerprint density at radius 2 is 1.84 bits per heavy atom. The number of nitrogens with one attached hydrogen (secondary N) is 2. The number of fused-ring (bicyclic) bond motifs is 2. The Morgan fingerprint density at radius 1 is 1.03 bits per heavy atom. The van der Waals surface area contributed by atoms with Crippen LogP contribution in [0.25, 0.3) is 22.2 Å². The summed E-state index contributed by atoms with van der Waals surface area (Å²) in [5.74, 6) is 1.45. The lowest BCUT2D eigenvalue weighted by atomic mass is 9.86. The summed E-state index contributed by atoms with van der Waals surface area (Å²) in [6, 6.07) is 20.5. The van der Waals surface area contributed by atoms with Gasteiger partial charge in [0.1, 0.15) is 17.2 Å². The summed E-state index contributed by atoms with van der Waals surface area (Å²) in [5.41, 5.74) is 7.05. The minimum absolute atomic E-state index is 0.219. The molecular formula is C26H24N4O2. The molecule has 1 heterocycles. The van der Waals surface area contributed by atoms with Crippen molar-refractivity contribution in [1.29, 1.82) is 5.26 Å². The summed E-state index contributed by atoms with van der Waals surface area (Å²) in [4.78, 5) is 0. The number of aromatic amines is 1. The first kappa shape index (κ1) is 20.0. The summed E-state index contributed by atoms with van der Waals surface area (Å²) in [7, 11) is 3.29. The molecule has 0 amide bonds. The van der Waals surface area contributed by atoms with E-state index in [0.29, 0.717) is 0 Å². The van der Waals surface area contributed by atoms with Gasteiger partial charge in [-0.25, -0.2) is 0 Å². The van der Waals surface area contributed by atoms with Gasteiger partial charge in [0, 0.05) is 22.7 Å². The van der Waals surface area contributed by atoms with Gasteiger partial charge in [-0.05, 0) is 72.9 Å².